The summed E-state index contributed by atoms with van der Waals surface area (Å²) in [6.07, 6.45) is 28.1. The summed E-state index contributed by atoms with van der Waals surface area (Å²) < 4.78 is 2.04. The molecule has 0 bridgehead atoms. The van der Waals surface area contributed by atoms with Crippen LogP contribution in [0.2, 0.25) is 0 Å². The third-order valence-electron chi connectivity index (χ3n) is 8.02. The molecule has 214 valence electrons. The van der Waals surface area contributed by atoms with Gasteiger partial charge in [-0.2, -0.15) is 0 Å². The highest BCUT2D eigenvalue weighted by Gasteiger charge is 2.33. The average Bonchev–Trinajstić information content (AvgIpc) is 3.64. The standard InChI is InChI=1S/C39H37N3S/c1-5-16-27(17-6-2)37-36(28-20-10-9-11-21-28)38(43-39(37)42-35-25-15-14-24-34(35)40-41-42)33-26-29-22-12-13-23-30(29)31(18-7-3)32(33)19-8-4/h5,7-26,30-31H,6H2,1-4H3/b16-5-,18-7-,19-8-,27-17+. The Morgan fingerprint density at radius 2 is 1.77 bits per heavy atom. The lowest BCUT2D eigenvalue weighted by Crippen LogP contribution is -2.20. The second kappa shape index (κ2) is 12.8. The smallest absolute Gasteiger partial charge is 0.129 e. The summed E-state index contributed by atoms with van der Waals surface area (Å²) in [6.45, 7) is 8.53. The van der Waals surface area contributed by atoms with Crippen molar-refractivity contribution in [2.75, 3.05) is 0 Å². The molecular formula is C39H37N3S. The Hall–Kier alpha value is -4.54. The Labute approximate surface area is 259 Å². The molecule has 3 nitrogen and oxygen atoms in total. The number of hydrogen-bond acceptors (Lipinski definition) is 3. The molecule has 2 atom stereocenters. The van der Waals surface area contributed by atoms with Gasteiger partial charge in [-0.1, -0.05) is 121 Å². The van der Waals surface area contributed by atoms with E-state index in [1.165, 1.54) is 43.9 Å². The van der Waals surface area contributed by atoms with Crippen molar-refractivity contribution in [1.29, 1.82) is 0 Å². The van der Waals surface area contributed by atoms with Crippen molar-refractivity contribution >= 4 is 33.5 Å². The molecule has 0 aliphatic heterocycles. The monoisotopic (exact) mass is 579 g/mol. The van der Waals surface area contributed by atoms with E-state index in [9.17, 15) is 0 Å². The van der Waals surface area contributed by atoms with Crippen molar-refractivity contribution in [1.82, 2.24) is 15.0 Å². The van der Waals surface area contributed by atoms with Gasteiger partial charge < -0.3 is 0 Å². The molecule has 2 unspecified atom stereocenters. The van der Waals surface area contributed by atoms with Crippen molar-refractivity contribution in [3.63, 3.8) is 0 Å². The van der Waals surface area contributed by atoms with E-state index in [1.54, 1.807) is 0 Å². The molecule has 2 aromatic heterocycles. The summed E-state index contributed by atoms with van der Waals surface area (Å²) in [5, 5.41) is 10.4. The quantitative estimate of drug-likeness (QED) is 0.154. The SMILES string of the molecule is C/C=C\C1=C(c2sc(-n3nnc4ccccc43)c(C(/C=C\C)=C/CC)c2-c2ccccc2)C=C2C=CC=CC2C1/C=C\C. The van der Waals surface area contributed by atoms with E-state index in [-0.39, 0.29) is 5.92 Å². The summed E-state index contributed by atoms with van der Waals surface area (Å²) in [4.78, 5) is 1.25. The van der Waals surface area contributed by atoms with Gasteiger partial charge in [0, 0.05) is 27.8 Å². The maximum absolute atomic E-state index is 4.74. The lowest BCUT2D eigenvalue weighted by Gasteiger charge is -2.32. The highest BCUT2D eigenvalue weighted by Crippen LogP contribution is 2.51. The highest BCUT2D eigenvalue weighted by molar-refractivity contribution is 7.16. The lowest BCUT2D eigenvalue weighted by atomic mass is 9.72. The molecule has 0 amide bonds. The zero-order valence-electron chi connectivity index (χ0n) is 25.2. The van der Waals surface area contributed by atoms with Crippen LogP contribution in [0.15, 0.2) is 139 Å². The maximum Gasteiger partial charge on any atom is 0.129 e. The van der Waals surface area contributed by atoms with Crippen molar-refractivity contribution in [2.45, 2.75) is 34.1 Å². The largest absolute Gasteiger partial charge is 0.202 e. The van der Waals surface area contributed by atoms with Crippen LogP contribution < -0.4 is 0 Å². The minimum atomic E-state index is 0.239. The molecule has 2 aromatic carbocycles. The molecule has 0 fully saturated rings. The first-order valence-electron chi connectivity index (χ1n) is 15.1. The molecular weight excluding hydrogens is 543 g/mol. The van der Waals surface area contributed by atoms with Crippen LogP contribution in [-0.4, -0.2) is 15.0 Å². The number of fused-ring (bicyclic) bond motifs is 2. The first-order chi connectivity index (χ1) is 21.2. The predicted molar refractivity (Wildman–Crippen MR) is 185 cm³/mol. The van der Waals surface area contributed by atoms with Crippen LogP contribution in [0.5, 0.6) is 0 Å². The highest BCUT2D eigenvalue weighted by atomic mass is 32.1. The zero-order chi connectivity index (χ0) is 29.8. The number of aromatic nitrogens is 3. The van der Waals surface area contributed by atoms with E-state index in [1.807, 2.05) is 28.2 Å². The van der Waals surface area contributed by atoms with Gasteiger partial charge in [-0.15, -0.1) is 16.4 Å². The van der Waals surface area contributed by atoms with Gasteiger partial charge in [0.15, 0.2) is 0 Å². The molecule has 0 saturated carbocycles. The van der Waals surface area contributed by atoms with E-state index in [2.05, 4.69) is 148 Å². The maximum atomic E-state index is 4.74. The Morgan fingerprint density at radius 1 is 0.953 bits per heavy atom. The van der Waals surface area contributed by atoms with E-state index in [0.29, 0.717) is 5.92 Å². The second-order valence-corrected chi connectivity index (χ2v) is 11.7. The molecule has 6 rings (SSSR count). The third-order valence-corrected chi connectivity index (χ3v) is 9.22. The van der Waals surface area contributed by atoms with Crippen molar-refractivity contribution in [3.05, 3.63) is 149 Å². The third kappa shape index (κ3) is 5.28. The molecule has 2 aliphatic carbocycles. The number of thiophene rings is 1. The summed E-state index contributed by atoms with van der Waals surface area (Å²) in [6, 6.07) is 19.1. The first-order valence-corrected chi connectivity index (χ1v) is 15.9. The molecule has 0 saturated heterocycles. The van der Waals surface area contributed by atoms with Crippen molar-refractivity contribution < 1.29 is 0 Å². The number of benzene rings is 2. The van der Waals surface area contributed by atoms with Crippen LogP contribution >= 0.6 is 11.3 Å². The Bertz CT molecular complexity index is 1880. The fourth-order valence-corrected chi connectivity index (χ4v) is 7.60. The minimum Gasteiger partial charge on any atom is -0.202 e. The van der Waals surface area contributed by atoms with Gasteiger partial charge in [0.25, 0.3) is 0 Å². The van der Waals surface area contributed by atoms with Crippen LogP contribution in [0.1, 0.15) is 44.6 Å². The predicted octanol–water partition coefficient (Wildman–Crippen LogP) is 10.7. The van der Waals surface area contributed by atoms with Crippen LogP contribution in [0.3, 0.4) is 0 Å². The van der Waals surface area contributed by atoms with Gasteiger partial charge in [-0.05, 0) is 73.3 Å². The van der Waals surface area contributed by atoms with Gasteiger partial charge in [-0.25, -0.2) is 4.68 Å². The van der Waals surface area contributed by atoms with E-state index >= 15 is 0 Å². The summed E-state index contributed by atoms with van der Waals surface area (Å²) in [5.41, 5.74) is 10.7. The van der Waals surface area contributed by atoms with Gasteiger partial charge in [0.05, 0.1) is 5.52 Å². The van der Waals surface area contributed by atoms with Crippen molar-refractivity contribution in [2.24, 2.45) is 11.8 Å². The van der Waals surface area contributed by atoms with Crippen molar-refractivity contribution in [3.8, 4) is 16.1 Å². The van der Waals surface area contributed by atoms with E-state index < -0.39 is 0 Å². The number of para-hydroxylation sites is 1. The fraction of sp³-hybridized carbons (Fsp3) is 0.179. The van der Waals surface area contributed by atoms with Gasteiger partial charge in [-0.3, -0.25) is 0 Å². The number of hydrogen-bond donors (Lipinski definition) is 0. The molecule has 4 aromatic rings. The number of rotatable bonds is 8. The summed E-state index contributed by atoms with van der Waals surface area (Å²) in [5.74, 6) is 0.552. The van der Waals surface area contributed by atoms with Crippen LogP contribution in [0.25, 0.3) is 38.3 Å². The molecule has 0 N–H and O–H groups in total. The Balaban J connectivity index is 1.77. The number of nitrogens with zero attached hydrogens (tertiary/aromatic N) is 3. The molecule has 2 aliphatic rings. The molecule has 0 spiro atoms. The minimum absolute atomic E-state index is 0.239. The topological polar surface area (TPSA) is 30.7 Å². The van der Waals surface area contributed by atoms with E-state index in [4.69, 9.17) is 5.21 Å². The van der Waals surface area contributed by atoms with E-state index in [0.717, 1.165) is 22.5 Å². The Morgan fingerprint density at radius 3 is 2.53 bits per heavy atom. The first kappa shape index (κ1) is 28.6. The lowest BCUT2D eigenvalue weighted by molar-refractivity contribution is 0.620. The second-order valence-electron chi connectivity index (χ2n) is 10.7. The normalized spacial score (nSPS) is 19.0. The zero-order valence-corrected chi connectivity index (χ0v) is 26.1. The fourth-order valence-electron chi connectivity index (χ4n) is 6.25. The van der Waals surface area contributed by atoms with Crippen LogP contribution in [0.4, 0.5) is 0 Å². The molecule has 4 heteroatoms. The molecule has 43 heavy (non-hydrogen) atoms. The van der Waals surface area contributed by atoms with Crippen LogP contribution in [0, 0.1) is 11.8 Å². The van der Waals surface area contributed by atoms with Gasteiger partial charge >= 0.3 is 0 Å². The van der Waals surface area contributed by atoms with Gasteiger partial charge in [0.2, 0.25) is 0 Å². The molecule has 2 heterocycles. The van der Waals surface area contributed by atoms with Crippen LogP contribution in [-0.2, 0) is 0 Å². The average molecular weight is 580 g/mol. The molecule has 0 radical (unpaired) electrons. The summed E-state index contributed by atoms with van der Waals surface area (Å²) in [7, 11) is 0. The Kier molecular flexibility index (Phi) is 8.48. The summed E-state index contributed by atoms with van der Waals surface area (Å²) >= 11 is 1.81. The number of allylic oxidation sites excluding steroid dienone is 16. The van der Waals surface area contributed by atoms with Gasteiger partial charge in [0.1, 0.15) is 10.5 Å².